The second kappa shape index (κ2) is 5.98. The van der Waals surface area contributed by atoms with E-state index < -0.39 is 0 Å². The molecule has 1 atom stereocenters. The lowest BCUT2D eigenvalue weighted by atomic mass is 10.0. The van der Waals surface area contributed by atoms with Crippen LogP contribution in [0.15, 0.2) is 28.8 Å². The van der Waals surface area contributed by atoms with Crippen molar-refractivity contribution in [3.05, 3.63) is 52.7 Å². The first-order chi connectivity index (χ1) is 10.2. The van der Waals surface area contributed by atoms with E-state index in [9.17, 15) is 4.39 Å². The van der Waals surface area contributed by atoms with Crippen molar-refractivity contribution in [2.24, 2.45) is 0 Å². The van der Waals surface area contributed by atoms with Crippen LogP contribution in [0.1, 0.15) is 48.4 Å². The van der Waals surface area contributed by atoms with Gasteiger partial charge in [-0.25, -0.2) is 4.39 Å². The molecule has 1 fully saturated rings. The summed E-state index contributed by atoms with van der Waals surface area (Å²) in [7, 11) is 0. The molecule has 0 N–H and O–H groups in total. The Balaban J connectivity index is 1.84. The monoisotopic (exact) mass is 288 g/mol. The largest absolute Gasteiger partial charge is 0.361 e. The summed E-state index contributed by atoms with van der Waals surface area (Å²) in [6.45, 7) is 5.91. The first kappa shape index (κ1) is 14.3. The van der Waals surface area contributed by atoms with Crippen LogP contribution in [0.5, 0.6) is 0 Å². The molecule has 1 aliphatic heterocycles. The molecule has 0 unspecified atom stereocenters. The quantitative estimate of drug-likeness (QED) is 0.851. The lowest BCUT2D eigenvalue weighted by molar-refractivity contribution is 0.244. The third-order valence-electron chi connectivity index (χ3n) is 4.28. The van der Waals surface area contributed by atoms with Crippen molar-refractivity contribution in [2.45, 2.75) is 45.7 Å². The van der Waals surface area contributed by atoms with Crippen molar-refractivity contribution in [3.63, 3.8) is 0 Å². The SMILES string of the molecule is CCc1onc(C)c1[C@@H]1CCCN1Cc1cccc(F)c1. The van der Waals surface area contributed by atoms with E-state index in [0.717, 1.165) is 49.4 Å². The summed E-state index contributed by atoms with van der Waals surface area (Å²) >= 11 is 0. The molecule has 1 aromatic carbocycles. The highest BCUT2D eigenvalue weighted by atomic mass is 19.1. The Hall–Kier alpha value is -1.68. The minimum atomic E-state index is -0.168. The Labute approximate surface area is 124 Å². The number of aromatic nitrogens is 1. The van der Waals surface area contributed by atoms with Crippen LogP contribution in [-0.4, -0.2) is 16.6 Å². The number of rotatable bonds is 4. The van der Waals surface area contributed by atoms with E-state index in [1.54, 1.807) is 12.1 Å². The Morgan fingerprint density at radius 3 is 3.05 bits per heavy atom. The molecule has 1 aromatic heterocycles. The van der Waals surface area contributed by atoms with Gasteiger partial charge in [0.2, 0.25) is 0 Å². The molecule has 2 heterocycles. The fraction of sp³-hybridized carbons (Fsp3) is 0.471. The Bertz CT molecular complexity index is 623. The number of nitrogens with zero attached hydrogens (tertiary/aromatic N) is 2. The lowest BCUT2D eigenvalue weighted by Crippen LogP contribution is -2.23. The molecule has 0 saturated carbocycles. The Morgan fingerprint density at radius 2 is 2.29 bits per heavy atom. The van der Waals surface area contributed by atoms with Gasteiger partial charge in [-0.15, -0.1) is 0 Å². The first-order valence-corrected chi connectivity index (χ1v) is 7.62. The number of benzene rings is 1. The smallest absolute Gasteiger partial charge is 0.141 e. The normalized spacial score (nSPS) is 19.3. The van der Waals surface area contributed by atoms with Crippen LogP contribution in [-0.2, 0) is 13.0 Å². The van der Waals surface area contributed by atoms with E-state index in [1.807, 2.05) is 13.0 Å². The molecule has 0 spiro atoms. The van der Waals surface area contributed by atoms with Gasteiger partial charge in [0.25, 0.3) is 0 Å². The van der Waals surface area contributed by atoms with E-state index in [2.05, 4.69) is 17.0 Å². The third kappa shape index (κ3) is 2.86. The van der Waals surface area contributed by atoms with Crippen LogP contribution < -0.4 is 0 Å². The zero-order valence-electron chi connectivity index (χ0n) is 12.6. The van der Waals surface area contributed by atoms with Gasteiger partial charge in [-0.3, -0.25) is 4.90 Å². The second-order valence-corrected chi connectivity index (χ2v) is 5.72. The summed E-state index contributed by atoms with van der Waals surface area (Å²) in [6, 6.07) is 7.22. The molecular weight excluding hydrogens is 267 g/mol. The minimum Gasteiger partial charge on any atom is -0.361 e. The van der Waals surface area contributed by atoms with Gasteiger partial charge in [0.15, 0.2) is 0 Å². The number of likely N-dealkylation sites (tertiary alicyclic amines) is 1. The maximum absolute atomic E-state index is 13.4. The molecule has 0 bridgehead atoms. The van der Waals surface area contributed by atoms with Crippen LogP contribution in [0.25, 0.3) is 0 Å². The first-order valence-electron chi connectivity index (χ1n) is 7.62. The van der Waals surface area contributed by atoms with E-state index in [1.165, 1.54) is 11.6 Å². The van der Waals surface area contributed by atoms with Crippen molar-refractivity contribution in [2.75, 3.05) is 6.54 Å². The zero-order valence-corrected chi connectivity index (χ0v) is 12.6. The topological polar surface area (TPSA) is 29.3 Å². The molecule has 112 valence electrons. The molecule has 1 saturated heterocycles. The van der Waals surface area contributed by atoms with Gasteiger partial charge in [0.1, 0.15) is 11.6 Å². The molecular formula is C17H21FN2O. The van der Waals surface area contributed by atoms with Crippen molar-refractivity contribution < 1.29 is 8.91 Å². The van der Waals surface area contributed by atoms with E-state index in [0.29, 0.717) is 6.04 Å². The molecule has 2 aromatic rings. The van der Waals surface area contributed by atoms with Gasteiger partial charge in [-0.2, -0.15) is 0 Å². The summed E-state index contributed by atoms with van der Waals surface area (Å²) in [5.74, 6) is 0.822. The van der Waals surface area contributed by atoms with Crippen LogP contribution >= 0.6 is 0 Å². The third-order valence-corrected chi connectivity index (χ3v) is 4.28. The fourth-order valence-electron chi connectivity index (χ4n) is 3.32. The predicted octanol–water partition coefficient (Wildman–Crippen LogP) is 4.02. The van der Waals surface area contributed by atoms with Gasteiger partial charge in [0, 0.05) is 24.6 Å². The highest BCUT2D eigenvalue weighted by Gasteiger charge is 2.31. The molecule has 3 rings (SSSR count). The van der Waals surface area contributed by atoms with E-state index in [4.69, 9.17) is 4.52 Å². The minimum absolute atomic E-state index is 0.168. The molecule has 0 aliphatic carbocycles. The van der Waals surface area contributed by atoms with E-state index in [-0.39, 0.29) is 5.82 Å². The van der Waals surface area contributed by atoms with Crippen molar-refractivity contribution in [1.29, 1.82) is 0 Å². The maximum Gasteiger partial charge on any atom is 0.141 e. The second-order valence-electron chi connectivity index (χ2n) is 5.72. The van der Waals surface area contributed by atoms with Crippen LogP contribution in [0, 0.1) is 12.7 Å². The summed E-state index contributed by atoms with van der Waals surface area (Å²) in [5, 5.41) is 4.13. The average molecular weight is 288 g/mol. The van der Waals surface area contributed by atoms with Crippen LogP contribution in [0.2, 0.25) is 0 Å². The van der Waals surface area contributed by atoms with Gasteiger partial charge in [-0.05, 0) is 44.0 Å². The molecule has 0 amide bonds. The number of halogens is 1. The summed E-state index contributed by atoms with van der Waals surface area (Å²) in [5.41, 5.74) is 3.25. The van der Waals surface area contributed by atoms with Crippen LogP contribution in [0.3, 0.4) is 0 Å². The number of aryl methyl sites for hydroxylation is 2. The van der Waals surface area contributed by atoms with Gasteiger partial charge in [-0.1, -0.05) is 24.2 Å². The molecule has 1 aliphatic rings. The lowest BCUT2D eigenvalue weighted by Gasteiger charge is -2.24. The summed E-state index contributed by atoms with van der Waals surface area (Å²) < 4.78 is 18.8. The van der Waals surface area contributed by atoms with Gasteiger partial charge in [0.05, 0.1) is 5.69 Å². The molecule has 3 nitrogen and oxygen atoms in total. The molecule has 21 heavy (non-hydrogen) atoms. The number of hydrogen-bond donors (Lipinski definition) is 0. The highest BCUT2D eigenvalue weighted by Crippen LogP contribution is 2.36. The Kier molecular flexibility index (Phi) is 4.06. The standard InChI is InChI=1S/C17H21FN2O/c1-3-16-17(12(2)19-21-16)15-8-5-9-20(15)11-13-6-4-7-14(18)10-13/h4,6-7,10,15H,3,5,8-9,11H2,1-2H3/t15-/m0/s1. The summed E-state index contributed by atoms with van der Waals surface area (Å²) in [4.78, 5) is 2.41. The highest BCUT2D eigenvalue weighted by molar-refractivity contribution is 5.27. The van der Waals surface area contributed by atoms with Crippen molar-refractivity contribution in [1.82, 2.24) is 10.1 Å². The number of hydrogen-bond acceptors (Lipinski definition) is 3. The fourth-order valence-corrected chi connectivity index (χ4v) is 3.32. The average Bonchev–Trinajstić information content (AvgIpc) is 3.05. The maximum atomic E-state index is 13.4. The van der Waals surface area contributed by atoms with Crippen LogP contribution in [0.4, 0.5) is 4.39 Å². The molecule has 0 radical (unpaired) electrons. The summed E-state index contributed by atoms with van der Waals surface area (Å²) in [6.07, 6.45) is 3.14. The van der Waals surface area contributed by atoms with Gasteiger partial charge < -0.3 is 4.52 Å². The Morgan fingerprint density at radius 1 is 1.43 bits per heavy atom. The molecule has 4 heteroatoms. The van der Waals surface area contributed by atoms with Crippen molar-refractivity contribution in [3.8, 4) is 0 Å². The van der Waals surface area contributed by atoms with E-state index >= 15 is 0 Å². The zero-order chi connectivity index (χ0) is 14.8. The van der Waals surface area contributed by atoms with Crippen molar-refractivity contribution >= 4 is 0 Å². The predicted molar refractivity (Wildman–Crippen MR) is 79.4 cm³/mol. The van der Waals surface area contributed by atoms with Gasteiger partial charge >= 0.3 is 0 Å².